The molecule has 0 bridgehead atoms. The zero-order valence-corrected chi connectivity index (χ0v) is 9.47. The molecule has 0 heterocycles. The summed E-state index contributed by atoms with van der Waals surface area (Å²) in [5.41, 5.74) is 0.360. The number of rotatable bonds is 5. The first kappa shape index (κ1) is 13.6. The van der Waals surface area contributed by atoms with Crippen LogP contribution in [-0.2, 0) is 9.53 Å². The fourth-order valence-corrected chi connectivity index (χ4v) is 1.44. The zero-order chi connectivity index (χ0) is 12.8. The maximum absolute atomic E-state index is 12.7. The van der Waals surface area contributed by atoms with Gasteiger partial charge in [-0.05, 0) is 24.6 Å². The molecule has 94 valence electrons. The van der Waals surface area contributed by atoms with E-state index in [2.05, 4.69) is 0 Å². The lowest BCUT2D eigenvalue weighted by molar-refractivity contribution is -0.154. The van der Waals surface area contributed by atoms with E-state index in [1.165, 1.54) is 24.3 Å². The third kappa shape index (κ3) is 3.51. The van der Waals surface area contributed by atoms with Crippen LogP contribution in [0.5, 0.6) is 0 Å². The minimum atomic E-state index is -1.21. The van der Waals surface area contributed by atoms with E-state index in [0.29, 0.717) is 5.56 Å². The second-order valence-corrected chi connectivity index (χ2v) is 3.54. The average molecular weight is 242 g/mol. The summed E-state index contributed by atoms with van der Waals surface area (Å²) in [5.74, 6) is -2.16. The van der Waals surface area contributed by atoms with Crippen molar-refractivity contribution in [2.45, 2.75) is 13.0 Å². The molecule has 0 saturated carbocycles. The molecule has 2 atom stereocenters. The first-order valence-electron chi connectivity index (χ1n) is 5.31. The molecule has 0 aromatic heterocycles. The molecule has 2 N–H and O–H groups in total. The lowest BCUT2D eigenvalue weighted by Crippen LogP contribution is -2.27. The smallest absolute Gasteiger partial charge is 0.314 e. The van der Waals surface area contributed by atoms with E-state index in [1.807, 2.05) is 0 Å². The van der Waals surface area contributed by atoms with E-state index in [4.69, 9.17) is 9.84 Å². The van der Waals surface area contributed by atoms with Gasteiger partial charge in [0.15, 0.2) is 0 Å². The Bertz CT molecular complexity index is 363. The van der Waals surface area contributed by atoms with Gasteiger partial charge in [-0.2, -0.15) is 0 Å². The van der Waals surface area contributed by atoms with Gasteiger partial charge in [0.25, 0.3) is 0 Å². The molecule has 0 amide bonds. The van der Waals surface area contributed by atoms with Crippen molar-refractivity contribution in [2.24, 2.45) is 5.92 Å². The van der Waals surface area contributed by atoms with Gasteiger partial charge in [0.2, 0.25) is 0 Å². The standard InChI is InChI=1S/C12H15FO4/c1-2-17-12(16)10(7-14)11(15)8-3-5-9(13)6-4-8/h3-6,10-11,14-15H,2,7H2,1H3/t10-,11-/m1/s1. The molecule has 0 fully saturated rings. The minimum Gasteiger partial charge on any atom is -0.466 e. The molecule has 0 spiro atoms. The number of halogens is 1. The van der Waals surface area contributed by atoms with E-state index in [0.717, 1.165) is 0 Å². The van der Waals surface area contributed by atoms with Crippen molar-refractivity contribution < 1.29 is 24.1 Å². The Morgan fingerprint density at radius 3 is 2.47 bits per heavy atom. The van der Waals surface area contributed by atoms with Crippen molar-refractivity contribution in [3.63, 3.8) is 0 Å². The monoisotopic (exact) mass is 242 g/mol. The SMILES string of the molecule is CCOC(=O)[C@H](CO)[C@H](O)c1ccc(F)cc1. The number of benzene rings is 1. The first-order chi connectivity index (χ1) is 8.10. The molecule has 4 nitrogen and oxygen atoms in total. The highest BCUT2D eigenvalue weighted by molar-refractivity contribution is 5.73. The number of hydrogen-bond acceptors (Lipinski definition) is 4. The number of carbonyl (C=O) groups excluding carboxylic acids is 1. The Morgan fingerprint density at radius 1 is 1.41 bits per heavy atom. The lowest BCUT2D eigenvalue weighted by atomic mass is 9.96. The van der Waals surface area contributed by atoms with Crippen LogP contribution in [0.1, 0.15) is 18.6 Å². The quantitative estimate of drug-likeness (QED) is 0.757. The number of hydrogen-bond donors (Lipinski definition) is 2. The van der Waals surface area contributed by atoms with Gasteiger partial charge < -0.3 is 14.9 Å². The fraction of sp³-hybridized carbons (Fsp3) is 0.417. The predicted molar refractivity (Wildman–Crippen MR) is 58.6 cm³/mol. The summed E-state index contributed by atoms with van der Waals surface area (Å²) in [7, 11) is 0. The van der Waals surface area contributed by atoms with Gasteiger partial charge in [-0.3, -0.25) is 4.79 Å². The Morgan fingerprint density at radius 2 is 2.00 bits per heavy atom. The minimum absolute atomic E-state index is 0.172. The second kappa shape index (κ2) is 6.32. The Kier molecular flexibility index (Phi) is 5.06. The summed E-state index contributed by atoms with van der Waals surface area (Å²) < 4.78 is 17.4. The zero-order valence-electron chi connectivity index (χ0n) is 9.47. The Balaban J connectivity index is 2.81. The molecule has 0 aliphatic heterocycles. The van der Waals surface area contributed by atoms with Crippen molar-refractivity contribution in [1.82, 2.24) is 0 Å². The average Bonchev–Trinajstić information content (AvgIpc) is 2.31. The molecule has 5 heteroatoms. The second-order valence-electron chi connectivity index (χ2n) is 3.54. The van der Waals surface area contributed by atoms with Crippen molar-refractivity contribution in [1.29, 1.82) is 0 Å². The molecule has 0 saturated heterocycles. The predicted octanol–water partition coefficient (Wildman–Crippen LogP) is 1.03. The van der Waals surface area contributed by atoms with E-state index >= 15 is 0 Å². The molecule has 1 aromatic rings. The molecule has 0 unspecified atom stereocenters. The summed E-state index contributed by atoms with van der Waals surface area (Å²) in [6.07, 6.45) is -1.21. The van der Waals surface area contributed by atoms with E-state index < -0.39 is 30.4 Å². The van der Waals surface area contributed by atoms with Crippen LogP contribution in [0.4, 0.5) is 4.39 Å². The number of esters is 1. The van der Waals surface area contributed by atoms with Crippen LogP contribution >= 0.6 is 0 Å². The molecule has 1 aromatic carbocycles. The molecule has 0 aliphatic rings. The highest BCUT2D eigenvalue weighted by Crippen LogP contribution is 2.23. The topological polar surface area (TPSA) is 66.8 Å². The third-order valence-corrected chi connectivity index (χ3v) is 2.38. The fourth-order valence-electron chi connectivity index (χ4n) is 1.44. The molecule has 17 heavy (non-hydrogen) atoms. The highest BCUT2D eigenvalue weighted by Gasteiger charge is 2.28. The van der Waals surface area contributed by atoms with Crippen LogP contribution in [0.2, 0.25) is 0 Å². The summed E-state index contributed by atoms with van der Waals surface area (Å²) in [5, 5.41) is 19.0. The van der Waals surface area contributed by atoms with Gasteiger partial charge >= 0.3 is 5.97 Å². The van der Waals surface area contributed by atoms with Gasteiger partial charge in [-0.1, -0.05) is 12.1 Å². The third-order valence-electron chi connectivity index (χ3n) is 2.38. The number of aliphatic hydroxyl groups excluding tert-OH is 2. The van der Waals surface area contributed by atoms with Crippen molar-refractivity contribution in [2.75, 3.05) is 13.2 Å². The Labute approximate surface area is 98.7 Å². The molecule has 0 radical (unpaired) electrons. The van der Waals surface area contributed by atoms with Crippen LogP contribution in [0, 0.1) is 11.7 Å². The van der Waals surface area contributed by atoms with Gasteiger partial charge in [0.1, 0.15) is 11.7 Å². The van der Waals surface area contributed by atoms with E-state index in [9.17, 15) is 14.3 Å². The normalized spacial score (nSPS) is 14.1. The van der Waals surface area contributed by atoms with Gasteiger partial charge in [-0.25, -0.2) is 4.39 Å². The maximum Gasteiger partial charge on any atom is 0.314 e. The maximum atomic E-state index is 12.7. The highest BCUT2D eigenvalue weighted by atomic mass is 19.1. The van der Waals surface area contributed by atoms with E-state index in [1.54, 1.807) is 6.92 Å². The molecule has 1 rings (SSSR count). The number of aliphatic hydroxyl groups is 2. The van der Waals surface area contributed by atoms with Crippen LogP contribution in [0.25, 0.3) is 0 Å². The number of ether oxygens (including phenoxy) is 1. The number of carbonyl (C=O) groups is 1. The summed E-state index contributed by atoms with van der Waals surface area (Å²) >= 11 is 0. The molecular weight excluding hydrogens is 227 g/mol. The van der Waals surface area contributed by atoms with E-state index in [-0.39, 0.29) is 6.61 Å². The van der Waals surface area contributed by atoms with Crippen molar-refractivity contribution >= 4 is 5.97 Å². The summed E-state index contributed by atoms with van der Waals surface area (Å²) in [6.45, 7) is 1.28. The first-order valence-corrected chi connectivity index (χ1v) is 5.31. The van der Waals surface area contributed by atoms with Crippen LogP contribution < -0.4 is 0 Å². The lowest BCUT2D eigenvalue weighted by Gasteiger charge is -2.19. The van der Waals surface area contributed by atoms with Crippen LogP contribution in [0.3, 0.4) is 0 Å². The van der Waals surface area contributed by atoms with Crippen LogP contribution in [0.15, 0.2) is 24.3 Å². The Hall–Kier alpha value is -1.46. The van der Waals surface area contributed by atoms with Gasteiger partial charge in [-0.15, -0.1) is 0 Å². The molecular formula is C12H15FO4. The van der Waals surface area contributed by atoms with Gasteiger partial charge in [0, 0.05) is 0 Å². The largest absolute Gasteiger partial charge is 0.466 e. The summed E-state index contributed by atoms with van der Waals surface area (Å²) in [6, 6.07) is 5.08. The molecule has 0 aliphatic carbocycles. The summed E-state index contributed by atoms with van der Waals surface area (Å²) in [4.78, 5) is 11.4. The van der Waals surface area contributed by atoms with Crippen molar-refractivity contribution in [3.8, 4) is 0 Å². The van der Waals surface area contributed by atoms with Gasteiger partial charge in [0.05, 0.1) is 19.3 Å². The van der Waals surface area contributed by atoms with Crippen LogP contribution in [-0.4, -0.2) is 29.4 Å². The van der Waals surface area contributed by atoms with Crippen molar-refractivity contribution in [3.05, 3.63) is 35.6 Å².